The summed E-state index contributed by atoms with van der Waals surface area (Å²) in [6, 6.07) is 5.74. The predicted molar refractivity (Wildman–Crippen MR) is 66.1 cm³/mol. The second-order valence-corrected chi connectivity index (χ2v) is 4.54. The topological polar surface area (TPSA) is 24.5 Å². The van der Waals surface area contributed by atoms with Crippen LogP contribution in [-0.2, 0) is 6.54 Å². The average Bonchev–Trinajstić information content (AvgIpc) is 2.39. The van der Waals surface area contributed by atoms with Gasteiger partial charge in [0, 0.05) is 31.7 Å². The number of hydrogen-bond acceptors (Lipinski definition) is 3. The second-order valence-electron chi connectivity index (χ2n) is 4.54. The first-order chi connectivity index (χ1) is 9.02. The van der Waals surface area contributed by atoms with Crippen LogP contribution in [0.5, 0.6) is 5.75 Å². The van der Waals surface area contributed by atoms with Gasteiger partial charge in [0.1, 0.15) is 11.8 Å². The fourth-order valence-electron chi connectivity index (χ4n) is 2.31. The molecule has 0 saturated carbocycles. The number of rotatable bonds is 3. The number of piperazine rings is 1. The minimum absolute atomic E-state index is 0.0569. The van der Waals surface area contributed by atoms with E-state index in [1.807, 2.05) is 6.07 Å². The van der Waals surface area contributed by atoms with Crippen LogP contribution in [0.2, 0.25) is 0 Å². The van der Waals surface area contributed by atoms with Crippen LogP contribution in [0.15, 0.2) is 24.3 Å². The summed E-state index contributed by atoms with van der Waals surface area (Å²) in [4.78, 5) is 1.45. The van der Waals surface area contributed by atoms with Gasteiger partial charge in [-0.25, -0.2) is 0 Å². The van der Waals surface area contributed by atoms with Gasteiger partial charge in [-0.1, -0.05) is 18.2 Å². The number of nitrogens with zero attached hydrogens (tertiary/aromatic N) is 1. The Hall–Kier alpha value is -1.27. The molecule has 6 heteroatoms. The first-order valence-electron chi connectivity index (χ1n) is 6.15. The van der Waals surface area contributed by atoms with E-state index in [1.54, 1.807) is 18.2 Å². The van der Waals surface area contributed by atoms with Gasteiger partial charge in [-0.3, -0.25) is 4.90 Å². The van der Waals surface area contributed by atoms with Gasteiger partial charge >= 0.3 is 6.18 Å². The van der Waals surface area contributed by atoms with Gasteiger partial charge in [-0.2, -0.15) is 13.2 Å². The van der Waals surface area contributed by atoms with Crippen molar-refractivity contribution in [3.05, 3.63) is 29.8 Å². The van der Waals surface area contributed by atoms with Crippen molar-refractivity contribution in [2.45, 2.75) is 18.8 Å². The molecule has 3 nitrogen and oxygen atoms in total. The predicted octanol–water partition coefficient (Wildman–Crippen LogP) is 2.03. The van der Waals surface area contributed by atoms with E-state index in [2.05, 4.69) is 5.32 Å². The summed E-state index contributed by atoms with van der Waals surface area (Å²) in [5.74, 6) is 0.627. The standard InChI is InChI=1S/C13H17F3N2O/c1-19-11-5-3-2-4-10(11)9-18-7-6-17-8-12(18)13(14,15)16/h2-5,12,17H,6-9H2,1H3. The number of alkyl halides is 3. The molecule has 1 atom stereocenters. The van der Waals surface area contributed by atoms with Gasteiger partial charge < -0.3 is 10.1 Å². The van der Waals surface area contributed by atoms with E-state index in [0.29, 0.717) is 18.8 Å². The van der Waals surface area contributed by atoms with Crippen molar-refractivity contribution in [2.24, 2.45) is 0 Å². The molecule has 2 rings (SSSR count). The van der Waals surface area contributed by atoms with E-state index < -0.39 is 12.2 Å². The molecule has 0 aliphatic carbocycles. The monoisotopic (exact) mass is 274 g/mol. The van der Waals surface area contributed by atoms with E-state index in [4.69, 9.17) is 4.74 Å². The van der Waals surface area contributed by atoms with Crippen LogP contribution in [0.4, 0.5) is 13.2 Å². The quantitative estimate of drug-likeness (QED) is 0.912. The van der Waals surface area contributed by atoms with Crippen molar-refractivity contribution >= 4 is 0 Å². The van der Waals surface area contributed by atoms with Crippen molar-refractivity contribution in [3.63, 3.8) is 0 Å². The fourth-order valence-corrected chi connectivity index (χ4v) is 2.31. The molecule has 1 aliphatic heterocycles. The zero-order valence-corrected chi connectivity index (χ0v) is 10.7. The van der Waals surface area contributed by atoms with Crippen LogP contribution < -0.4 is 10.1 Å². The summed E-state index contributed by atoms with van der Waals surface area (Å²) >= 11 is 0. The molecule has 0 bridgehead atoms. The van der Waals surface area contributed by atoms with Crippen LogP contribution in [0.25, 0.3) is 0 Å². The number of methoxy groups -OCH3 is 1. The number of para-hydroxylation sites is 1. The Labute approximate surface area is 110 Å². The molecule has 0 spiro atoms. The molecule has 1 aliphatic rings. The lowest BCUT2D eigenvalue weighted by Crippen LogP contribution is -2.57. The second kappa shape index (κ2) is 5.79. The highest BCUT2D eigenvalue weighted by Crippen LogP contribution is 2.28. The fraction of sp³-hybridized carbons (Fsp3) is 0.538. The zero-order valence-electron chi connectivity index (χ0n) is 10.7. The molecule has 1 fully saturated rings. The normalized spacial score (nSPS) is 21.4. The van der Waals surface area contributed by atoms with Gasteiger partial charge in [-0.05, 0) is 6.07 Å². The zero-order chi connectivity index (χ0) is 13.9. The summed E-state index contributed by atoms with van der Waals surface area (Å²) < 4.78 is 44.1. The van der Waals surface area contributed by atoms with E-state index in [9.17, 15) is 13.2 Å². The Morgan fingerprint density at radius 3 is 2.79 bits per heavy atom. The van der Waals surface area contributed by atoms with Crippen molar-refractivity contribution in [2.75, 3.05) is 26.7 Å². The van der Waals surface area contributed by atoms with Gasteiger partial charge in [0.15, 0.2) is 0 Å². The van der Waals surface area contributed by atoms with Gasteiger partial charge in [0.05, 0.1) is 7.11 Å². The Kier molecular flexibility index (Phi) is 4.31. The first-order valence-corrected chi connectivity index (χ1v) is 6.15. The highest BCUT2D eigenvalue weighted by molar-refractivity contribution is 5.33. The van der Waals surface area contributed by atoms with Crippen LogP contribution in [0.3, 0.4) is 0 Å². The molecule has 1 heterocycles. The molecular formula is C13H17F3N2O. The number of halogens is 3. The van der Waals surface area contributed by atoms with Gasteiger partial charge in [-0.15, -0.1) is 0 Å². The van der Waals surface area contributed by atoms with Crippen molar-refractivity contribution in [1.82, 2.24) is 10.2 Å². The summed E-state index contributed by atoms with van der Waals surface area (Å²) in [5, 5.41) is 2.79. The number of ether oxygens (including phenoxy) is 1. The minimum atomic E-state index is -4.21. The third-order valence-electron chi connectivity index (χ3n) is 3.30. The Bertz CT molecular complexity index is 423. The lowest BCUT2D eigenvalue weighted by atomic mass is 10.1. The summed E-state index contributed by atoms with van der Waals surface area (Å²) in [6.45, 7) is 1.14. The average molecular weight is 274 g/mol. The van der Waals surface area contributed by atoms with Crippen molar-refractivity contribution in [3.8, 4) is 5.75 Å². The lowest BCUT2D eigenvalue weighted by Gasteiger charge is -2.37. The van der Waals surface area contributed by atoms with Crippen molar-refractivity contribution < 1.29 is 17.9 Å². The molecule has 1 saturated heterocycles. The van der Waals surface area contributed by atoms with E-state index in [1.165, 1.54) is 12.0 Å². The minimum Gasteiger partial charge on any atom is -0.496 e. The molecule has 0 aromatic heterocycles. The molecule has 1 aromatic rings. The third kappa shape index (κ3) is 3.39. The molecule has 0 amide bonds. The molecule has 1 aromatic carbocycles. The van der Waals surface area contributed by atoms with Crippen LogP contribution in [0.1, 0.15) is 5.56 Å². The summed E-state index contributed by atoms with van der Waals surface area (Å²) in [7, 11) is 1.53. The molecule has 0 radical (unpaired) electrons. The number of benzene rings is 1. The van der Waals surface area contributed by atoms with E-state index >= 15 is 0 Å². The Balaban J connectivity index is 2.15. The molecule has 1 N–H and O–H groups in total. The maximum atomic E-state index is 13.0. The molecule has 1 unspecified atom stereocenters. The SMILES string of the molecule is COc1ccccc1CN1CCNCC1C(F)(F)F. The molecule has 106 valence electrons. The molecule has 19 heavy (non-hydrogen) atoms. The Morgan fingerprint density at radius 1 is 1.37 bits per heavy atom. The van der Waals surface area contributed by atoms with E-state index in [0.717, 1.165) is 5.56 Å². The molecular weight excluding hydrogens is 257 g/mol. The van der Waals surface area contributed by atoms with Crippen LogP contribution in [0, 0.1) is 0 Å². The summed E-state index contributed by atoms with van der Waals surface area (Å²) in [6.07, 6.45) is -4.21. The number of nitrogens with one attached hydrogen (secondary N) is 1. The lowest BCUT2D eigenvalue weighted by molar-refractivity contribution is -0.188. The Morgan fingerprint density at radius 2 is 2.11 bits per heavy atom. The highest BCUT2D eigenvalue weighted by atomic mass is 19.4. The summed E-state index contributed by atoms with van der Waals surface area (Å²) in [5.41, 5.74) is 0.779. The number of hydrogen-bond donors (Lipinski definition) is 1. The van der Waals surface area contributed by atoms with E-state index in [-0.39, 0.29) is 13.1 Å². The van der Waals surface area contributed by atoms with Crippen LogP contribution in [-0.4, -0.2) is 43.9 Å². The van der Waals surface area contributed by atoms with Gasteiger partial charge in [0.25, 0.3) is 0 Å². The van der Waals surface area contributed by atoms with Crippen molar-refractivity contribution in [1.29, 1.82) is 0 Å². The highest BCUT2D eigenvalue weighted by Gasteiger charge is 2.44. The van der Waals surface area contributed by atoms with Gasteiger partial charge in [0.2, 0.25) is 0 Å². The maximum absolute atomic E-state index is 13.0. The first kappa shape index (κ1) is 14.1. The van der Waals surface area contributed by atoms with Crippen LogP contribution >= 0.6 is 0 Å². The maximum Gasteiger partial charge on any atom is 0.405 e. The third-order valence-corrected chi connectivity index (χ3v) is 3.30. The smallest absolute Gasteiger partial charge is 0.405 e. The largest absolute Gasteiger partial charge is 0.496 e.